The Bertz CT molecular complexity index is 1060. The number of aromatic nitrogens is 1. The summed E-state index contributed by atoms with van der Waals surface area (Å²) in [6.45, 7) is -0.639. The molecule has 1 N–H and O–H groups in total. The second kappa shape index (κ2) is 8.76. The maximum atomic E-state index is 13.2. The molecule has 3 rings (SSSR count). The first-order chi connectivity index (χ1) is 13.3. The maximum Gasteiger partial charge on any atom is 0.340 e. The lowest BCUT2D eigenvalue weighted by Gasteiger charge is -2.06. The smallest absolute Gasteiger partial charge is 0.340 e. The Hall–Kier alpha value is -2.36. The van der Waals surface area contributed by atoms with E-state index in [2.05, 4.69) is 26.2 Å². The van der Waals surface area contributed by atoms with Gasteiger partial charge in [0.15, 0.2) is 23.4 Å². The van der Waals surface area contributed by atoms with E-state index in [0.717, 1.165) is 10.0 Å². The van der Waals surface area contributed by atoms with Crippen LogP contribution in [0.2, 0.25) is 5.02 Å². The zero-order valence-electron chi connectivity index (χ0n) is 13.8. The molecule has 0 atom stereocenters. The minimum absolute atomic E-state index is 0.317. The largest absolute Gasteiger partial charge is 0.452 e. The van der Waals surface area contributed by atoms with E-state index in [0.29, 0.717) is 23.0 Å². The molecule has 144 valence electrons. The number of benzene rings is 2. The highest BCUT2D eigenvalue weighted by Gasteiger charge is 2.18. The topological polar surface area (TPSA) is 68.3 Å². The van der Waals surface area contributed by atoms with Gasteiger partial charge in [-0.1, -0.05) is 39.7 Å². The molecule has 10 heteroatoms. The van der Waals surface area contributed by atoms with Crippen molar-refractivity contribution in [2.75, 3.05) is 11.9 Å². The van der Waals surface area contributed by atoms with Gasteiger partial charge in [0, 0.05) is 15.4 Å². The van der Waals surface area contributed by atoms with Crippen LogP contribution in [0.1, 0.15) is 10.4 Å². The number of carbonyl (C=O) groups excluding carboxylic acids is 2. The first-order valence-corrected chi connectivity index (χ1v) is 9.71. The third-order valence-corrected chi connectivity index (χ3v) is 5.00. The molecule has 0 bridgehead atoms. The average molecular weight is 488 g/mol. The van der Waals surface area contributed by atoms with E-state index in [4.69, 9.17) is 16.3 Å². The predicted octanol–water partition coefficient (Wildman–Crippen LogP) is 5.30. The fraction of sp³-hybridized carbons (Fsp3) is 0.0556. The monoisotopic (exact) mass is 486 g/mol. The van der Waals surface area contributed by atoms with Crippen LogP contribution in [0.4, 0.5) is 13.9 Å². The maximum absolute atomic E-state index is 13.2. The molecule has 3 aromatic rings. The van der Waals surface area contributed by atoms with Gasteiger partial charge in [0.2, 0.25) is 0 Å². The summed E-state index contributed by atoms with van der Waals surface area (Å²) in [4.78, 5) is 28.2. The van der Waals surface area contributed by atoms with Crippen LogP contribution in [0.3, 0.4) is 0 Å². The molecule has 5 nitrogen and oxygen atoms in total. The average Bonchev–Trinajstić information content (AvgIpc) is 3.11. The molecule has 0 unspecified atom stereocenters. The molecule has 28 heavy (non-hydrogen) atoms. The number of ether oxygens (including phenoxy) is 1. The highest BCUT2D eigenvalue weighted by atomic mass is 79.9. The fourth-order valence-corrected chi connectivity index (χ4v) is 3.52. The lowest BCUT2D eigenvalue weighted by atomic mass is 10.2. The molecular formula is C18H10BrClF2N2O3S. The number of rotatable bonds is 5. The lowest BCUT2D eigenvalue weighted by Crippen LogP contribution is -2.21. The van der Waals surface area contributed by atoms with Crippen molar-refractivity contribution < 1.29 is 23.1 Å². The standard InChI is InChI=1S/C18H10BrClF2N2O3S/c19-10-3-1-2-9(4-10)15-8-28-18(23-15)24-16(25)7-27-17(26)11-5-13(21)14(22)6-12(11)20/h1-6,8H,7H2,(H,23,24,25). The van der Waals surface area contributed by atoms with Crippen LogP contribution in [0.5, 0.6) is 0 Å². The summed E-state index contributed by atoms with van der Waals surface area (Å²) in [5, 5.41) is 4.27. The second-order valence-electron chi connectivity index (χ2n) is 5.42. The number of carbonyl (C=O) groups is 2. The molecule has 0 spiro atoms. The van der Waals surface area contributed by atoms with Crippen molar-refractivity contribution in [2.24, 2.45) is 0 Å². The van der Waals surface area contributed by atoms with Crippen molar-refractivity contribution >= 4 is 55.9 Å². The van der Waals surface area contributed by atoms with Crippen LogP contribution in [-0.2, 0) is 9.53 Å². The number of esters is 1. The van der Waals surface area contributed by atoms with Gasteiger partial charge in [-0.3, -0.25) is 10.1 Å². The van der Waals surface area contributed by atoms with E-state index in [1.165, 1.54) is 11.3 Å². The molecule has 1 heterocycles. The minimum Gasteiger partial charge on any atom is -0.452 e. The Morgan fingerprint density at radius 2 is 1.96 bits per heavy atom. The normalized spacial score (nSPS) is 10.6. The number of thiazole rings is 1. The summed E-state index contributed by atoms with van der Waals surface area (Å²) in [6.07, 6.45) is 0. The Labute approximate surface area is 175 Å². The summed E-state index contributed by atoms with van der Waals surface area (Å²) in [5.41, 5.74) is 1.16. The molecule has 0 saturated carbocycles. The number of nitrogens with zero attached hydrogens (tertiary/aromatic N) is 1. The van der Waals surface area contributed by atoms with Gasteiger partial charge in [0.25, 0.3) is 5.91 Å². The Balaban J connectivity index is 1.59. The molecule has 0 aliphatic carbocycles. The number of halogens is 4. The van der Waals surface area contributed by atoms with Crippen LogP contribution >= 0.6 is 38.9 Å². The molecule has 0 aliphatic rings. The van der Waals surface area contributed by atoms with Gasteiger partial charge >= 0.3 is 5.97 Å². The van der Waals surface area contributed by atoms with Crippen molar-refractivity contribution in [1.82, 2.24) is 4.98 Å². The zero-order chi connectivity index (χ0) is 20.3. The number of amides is 1. The highest BCUT2D eigenvalue weighted by molar-refractivity contribution is 9.10. The Morgan fingerprint density at radius 1 is 1.21 bits per heavy atom. The van der Waals surface area contributed by atoms with Gasteiger partial charge in [-0.2, -0.15) is 0 Å². The number of hydrogen-bond donors (Lipinski definition) is 1. The minimum atomic E-state index is -1.25. The number of anilines is 1. The van der Waals surface area contributed by atoms with Crippen molar-refractivity contribution in [1.29, 1.82) is 0 Å². The van der Waals surface area contributed by atoms with Crippen molar-refractivity contribution in [3.05, 3.63) is 68.5 Å². The van der Waals surface area contributed by atoms with E-state index in [1.54, 1.807) is 5.38 Å². The van der Waals surface area contributed by atoms with Gasteiger partial charge in [-0.15, -0.1) is 11.3 Å². The van der Waals surface area contributed by atoms with Crippen LogP contribution in [0, 0.1) is 11.6 Å². The van der Waals surface area contributed by atoms with Gasteiger partial charge in [0.05, 0.1) is 16.3 Å². The predicted molar refractivity (Wildman–Crippen MR) is 106 cm³/mol. The summed E-state index contributed by atoms with van der Waals surface area (Å²) in [5.74, 6) is -4.12. The number of nitrogens with one attached hydrogen (secondary N) is 1. The second-order valence-corrected chi connectivity index (χ2v) is 7.60. The first-order valence-electron chi connectivity index (χ1n) is 7.66. The van der Waals surface area contributed by atoms with E-state index in [1.807, 2.05) is 24.3 Å². The first kappa shape index (κ1) is 20.4. The van der Waals surface area contributed by atoms with Crippen LogP contribution in [0.25, 0.3) is 11.3 Å². The molecule has 1 amide bonds. The third kappa shape index (κ3) is 4.92. The molecule has 0 saturated heterocycles. The summed E-state index contributed by atoms with van der Waals surface area (Å²) >= 11 is 10.3. The van der Waals surface area contributed by atoms with E-state index in [-0.39, 0.29) is 10.6 Å². The zero-order valence-corrected chi connectivity index (χ0v) is 17.0. The third-order valence-electron chi connectivity index (χ3n) is 3.44. The lowest BCUT2D eigenvalue weighted by molar-refractivity contribution is -0.119. The quantitative estimate of drug-likeness (QED) is 0.392. The van der Waals surface area contributed by atoms with Gasteiger partial charge in [-0.25, -0.2) is 18.6 Å². The van der Waals surface area contributed by atoms with Gasteiger partial charge < -0.3 is 4.74 Å². The highest BCUT2D eigenvalue weighted by Crippen LogP contribution is 2.27. The van der Waals surface area contributed by atoms with E-state index >= 15 is 0 Å². The molecule has 2 aromatic carbocycles. The number of hydrogen-bond acceptors (Lipinski definition) is 5. The molecule has 1 aromatic heterocycles. The van der Waals surface area contributed by atoms with Crippen molar-refractivity contribution in [2.45, 2.75) is 0 Å². The fourth-order valence-electron chi connectivity index (χ4n) is 2.15. The van der Waals surface area contributed by atoms with Crippen LogP contribution in [-0.4, -0.2) is 23.5 Å². The Kier molecular flexibility index (Phi) is 6.38. The van der Waals surface area contributed by atoms with Crippen molar-refractivity contribution in [3.63, 3.8) is 0 Å². The summed E-state index contributed by atoms with van der Waals surface area (Å²) < 4.78 is 32.0. The SMILES string of the molecule is O=C(COC(=O)c1cc(F)c(F)cc1Cl)Nc1nc(-c2cccc(Br)c2)cs1. The molecule has 0 aliphatic heterocycles. The molecule has 0 fully saturated rings. The Morgan fingerprint density at radius 3 is 2.71 bits per heavy atom. The summed E-state index contributed by atoms with van der Waals surface area (Å²) in [6, 6.07) is 8.77. The molecule has 0 radical (unpaired) electrons. The van der Waals surface area contributed by atoms with Crippen LogP contribution < -0.4 is 5.32 Å². The van der Waals surface area contributed by atoms with E-state index < -0.39 is 30.1 Å². The van der Waals surface area contributed by atoms with Crippen LogP contribution in [0.15, 0.2) is 46.3 Å². The molecular weight excluding hydrogens is 478 g/mol. The van der Waals surface area contributed by atoms with Gasteiger partial charge in [-0.05, 0) is 24.3 Å². The van der Waals surface area contributed by atoms with E-state index in [9.17, 15) is 18.4 Å². The van der Waals surface area contributed by atoms with Crippen molar-refractivity contribution in [3.8, 4) is 11.3 Å². The van der Waals surface area contributed by atoms with Gasteiger partial charge in [0.1, 0.15) is 0 Å². The summed E-state index contributed by atoms with van der Waals surface area (Å²) in [7, 11) is 0.